The Labute approximate surface area is 94.0 Å². The van der Waals surface area contributed by atoms with Crippen LogP contribution in [-0.4, -0.2) is 13.6 Å². The lowest BCUT2D eigenvalue weighted by Crippen LogP contribution is -2.41. The van der Waals surface area contributed by atoms with Crippen molar-refractivity contribution in [3.05, 3.63) is 0 Å². The molecule has 0 aromatic carbocycles. The number of hydrogen-bond donors (Lipinski definition) is 1. The van der Waals surface area contributed by atoms with E-state index >= 15 is 0 Å². The average molecular weight is 207 g/mol. The van der Waals surface area contributed by atoms with Gasteiger partial charge in [0.2, 0.25) is 0 Å². The summed E-state index contributed by atoms with van der Waals surface area (Å²) in [4.78, 5) is 0. The van der Waals surface area contributed by atoms with E-state index in [1.807, 2.05) is 0 Å². The van der Waals surface area contributed by atoms with Crippen molar-refractivity contribution in [1.29, 1.82) is 0 Å². The van der Waals surface area contributed by atoms with Crippen molar-refractivity contribution in [3.8, 4) is 0 Å². The van der Waals surface area contributed by atoms with Gasteiger partial charge in [-0.15, -0.1) is 0 Å². The Morgan fingerprint density at radius 2 is 2.07 bits per heavy atom. The molecule has 3 atom stereocenters. The first-order chi connectivity index (χ1) is 7.31. The molecule has 1 heteroatoms. The van der Waals surface area contributed by atoms with Crippen LogP contribution in [0.5, 0.6) is 0 Å². The molecular weight excluding hydrogens is 182 g/mol. The van der Waals surface area contributed by atoms with Crippen molar-refractivity contribution in [1.82, 2.24) is 5.32 Å². The van der Waals surface area contributed by atoms with Crippen molar-refractivity contribution in [2.24, 2.45) is 23.2 Å². The maximum Gasteiger partial charge on any atom is 0.000491 e. The summed E-state index contributed by atoms with van der Waals surface area (Å²) in [5.74, 6) is 3.37. The lowest BCUT2D eigenvalue weighted by Gasteiger charge is -2.45. The molecule has 0 aromatic heterocycles. The second-order valence-electron chi connectivity index (χ2n) is 6.52. The van der Waals surface area contributed by atoms with Crippen LogP contribution in [0.3, 0.4) is 0 Å². The van der Waals surface area contributed by atoms with Crippen LogP contribution in [0.2, 0.25) is 0 Å². The zero-order valence-corrected chi connectivity index (χ0v) is 10.1. The van der Waals surface area contributed by atoms with Crippen molar-refractivity contribution in [2.75, 3.05) is 13.6 Å². The molecule has 3 rings (SSSR count). The predicted octanol–water partition coefficient (Wildman–Crippen LogP) is 3.20. The van der Waals surface area contributed by atoms with Crippen molar-refractivity contribution < 1.29 is 0 Å². The third-order valence-electron chi connectivity index (χ3n) is 5.55. The smallest absolute Gasteiger partial charge is 0.000491 e. The van der Waals surface area contributed by atoms with Crippen LogP contribution in [0, 0.1) is 23.2 Å². The van der Waals surface area contributed by atoms with Gasteiger partial charge in [0.1, 0.15) is 0 Å². The van der Waals surface area contributed by atoms with Gasteiger partial charge in [-0.2, -0.15) is 0 Å². The molecule has 0 spiro atoms. The summed E-state index contributed by atoms with van der Waals surface area (Å²) in [6.07, 6.45) is 12.3. The molecule has 0 heterocycles. The Kier molecular flexibility index (Phi) is 2.54. The molecule has 0 aromatic rings. The molecular formula is C14H25N. The lowest BCUT2D eigenvalue weighted by molar-refractivity contribution is 0.0775. The van der Waals surface area contributed by atoms with Gasteiger partial charge >= 0.3 is 0 Å². The molecule has 0 aliphatic heterocycles. The van der Waals surface area contributed by atoms with E-state index in [4.69, 9.17) is 0 Å². The topological polar surface area (TPSA) is 12.0 Å². The van der Waals surface area contributed by atoms with Gasteiger partial charge in [-0.3, -0.25) is 0 Å². The molecule has 15 heavy (non-hydrogen) atoms. The van der Waals surface area contributed by atoms with E-state index < -0.39 is 0 Å². The Morgan fingerprint density at radius 3 is 2.53 bits per heavy atom. The minimum atomic E-state index is 0.726. The summed E-state index contributed by atoms with van der Waals surface area (Å²) in [7, 11) is 2.13. The second-order valence-corrected chi connectivity index (χ2v) is 6.52. The number of rotatable bonds is 4. The largest absolute Gasteiger partial charge is 0.319 e. The van der Waals surface area contributed by atoms with Gasteiger partial charge in [-0.05, 0) is 68.7 Å². The maximum absolute atomic E-state index is 3.43. The zero-order valence-electron chi connectivity index (χ0n) is 10.1. The van der Waals surface area contributed by atoms with E-state index in [1.165, 1.54) is 25.8 Å². The van der Waals surface area contributed by atoms with Crippen LogP contribution in [0.25, 0.3) is 0 Å². The van der Waals surface area contributed by atoms with Crippen molar-refractivity contribution in [2.45, 2.75) is 51.4 Å². The van der Waals surface area contributed by atoms with E-state index in [9.17, 15) is 0 Å². The fourth-order valence-electron chi connectivity index (χ4n) is 4.69. The van der Waals surface area contributed by atoms with E-state index in [0.29, 0.717) is 0 Å². The van der Waals surface area contributed by atoms with Crippen LogP contribution in [0.1, 0.15) is 51.4 Å². The summed E-state index contributed by atoms with van der Waals surface area (Å²) in [6, 6.07) is 0. The van der Waals surface area contributed by atoms with Crippen LogP contribution < -0.4 is 5.32 Å². The van der Waals surface area contributed by atoms with Crippen molar-refractivity contribution >= 4 is 0 Å². The third-order valence-corrected chi connectivity index (χ3v) is 5.55. The van der Waals surface area contributed by atoms with Gasteiger partial charge in [-0.1, -0.05) is 12.8 Å². The molecule has 0 amide bonds. The van der Waals surface area contributed by atoms with Crippen molar-refractivity contribution in [3.63, 3.8) is 0 Å². The van der Waals surface area contributed by atoms with E-state index in [1.54, 1.807) is 32.1 Å². The fraction of sp³-hybridized carbons (Fsp3) is 1.00. The number of hydrogen-bond acceptors (Lipinski definition) is 1. The monoisotopic (exact) mass is 207 g/mol. The minimum Gasteiger partial charge on any atom is -0.319 e. The molecule has 2 bridgehead atoms. The van der Waals surface area contributed by atoms with Crippen LogP contribution in [0.15, 0.2) is 0 Å². The second kappa shape index (κ2) is 3.76. The van der Waals surface area contributed by atoms with Gasteiger partial charge in [0.15, 0.2) is 0 Å². The highest BCUT2D eigenvalue weighted by Gasteiger charge is 2.45. The molecule has 3 saturated carbocycles. The summed E-state index contributed by atoms with van der Waals surface area (Å²) < 4.78 is 0. The maximum atomic E-state index is 3.43. The van der Waals surface area contributed by atoms with Crippen LogP contribution in [-0.2, 0) is 0 Å². The molecule has 3 fully saturated rings. The van der Waals surface area contributed by atoms with Gasteiger partial charge in [-0.25, -0.2) is 0 Å². The predicted molar refractivity (Wildman–Crippen MR) is 63.8 cm³/mol. The van der Waals surface area contributed by atoms with E-state index in [-0.39, 0.29) is 0 Å². The van der Waals surface area contributed by atoms with Gasteiger partial charge in [0, 0.05) is 6.54 Å². The van der Waals surface area contributed by atoms with E-state index in [2.05, 4.69) is 12.4 Å². The van der Waals surface area contributed by atoms with Crippen LogP contribution in [0.4, 0.5) is 0 Å². The summed E-state index contributed by atoms with van der Waals surface area (Å²) in [5, 5.41) is 3.43. The summed E-state index contributed by atoms with van der Waals surface area (Å²) in [6.45, 7) is 1.28. The Bertz CT molecular complexity index is 231. The molecule has 0 radical (unpaired) electrons. The highest BCUT2D eigenvalue weighted by Crippen LogP contribution is 2.55. The zero-order chi connectivity index (χ0) is 10.3. The minimum absolute atomic E-state index is 0.726. The first-order valence-electron chi connectivity index (χ1n) is 6.96. The average Bonchev–Trinajstić information content (AvgIpc) is 2.75. The highest BCUT2D eigenvalue weighted by molar-refractivity contribution is 4.97. The molecule has 86 valence electrons. The van der Waals surface area contributed by atoms with E-state index in [0.717, 1.165) is 23.2 Å². The SMILES string of the molecule is CNCC1(CC2CC3CCC2C3)CCC1. The first kappa shape index (κ1) is 10.1. The quantitative estimate of drug-likeness (QED) is 0.746. The van der Waals surface area contributed by atoms with Gasteiger partial charge in [0.25, 0.3) is 0 Å². The molecule has 3 unspecified atom stereocenters. The van der Waals surface area contributed by atoms with Gasteiger partial charge in [0.05, 0.1) is 0 Å². The van der Waals surface area contributed by atoms with Gasteiger partial charge < -0.3 is 5.32 Å². The lowest BCUT2D eigenvalue weighted by atomic mass is 9.62. The Morgan fingerprint density at radius 1 is 1.20 bits per heavy atom. The summed E-state index contributed by atoms with van der Waals surface area (Å²) in [5.41, 5.74) is 0.726. The molecule has 3 aliphatic rings. The molecule has 1 nitrogen and oxygen atoms in total. The Hall–Kier alpha value is -0.0400. The number of fused-ring (bicyclic) bond motifs is 2. The highest BCUT2D eigenvalue weighted by atomic mass is 14.8. The number of nitrogens with one attached hydrogen (secondary N) is 1. The molecule has 0 saturated heterocycles. The fourth-order valence-corrected chi connectivity index (χ4v) is 4.69. The molecule has 3 aliphatic carbocycles. The van der Waals surface area contributed by atoms with Crippen LogP contribution >= 0.6 is 0 Å². The Balaban J connectivity index is 1.59. The molecule has 1 N–H and O–H groups in total. The first-order valence-corrected chi connectivity index (χ1v) is 6.96. The summed E-state index contributed by atoms with van der Waals surface area (Å²) >= 11 is 0. The standard InChI is InChI=1S/C14H25N/c1-15-10-14(5-2-6-14)9-13-8-11-3-4-12(13)7-11/h11-13,15H,2-10H2,1H3. The third kappa shape index (κ3) is 1.73. The normalized spacial score (nSPS) is 41.8.